The second kappa shape index (κ2) is 14.5. The Morgan fingerprint density at radius 3 is 1.81 bits per heavy atom. The van der Waals surface area contributed by atoms with Gasteiger partial charge < -0.3 is 53.6 Å². The Bertz CT molecular complexity index is 712. The van der Waals surface area contributed by atoms with Crippen LogP contribution in [-0.2, 0) is 24.0 Å². The van der Waals surface area contributed by atoms with Crippen molar-refractivity contribution < 1.29 is 44.4 Å². The molecule has 0 aromatic rings. The number of carbonyl (C=O) groups is 5. The van der Waals surface area contributed by atoms with Gasteiger partial charge in [-0.2, -0.15) is 0 Å². The molecule has 0 aromatic heterocycles. The van der Waals surface area contributed by atoms with E-state index in [9.17, 15) is 29.1 Å². The van der Waals surface area contributed by atoms with E-state index in [1.807, 2.05) is 5.32 Å². The molecule has 0 saturated heterocycles. The zero-order valence-electron chi connectivity index (χ0n) is 17.1. The summed E-state index contributed by atoms with van der Waals surface area (Å²) in [4.78, 5) is 62.4. The van der Waals surface area contributed by atoms with Crippen LogP contribution in [-0.4, -0.2) is 100.0 Å². The van der Waals surface area contributed by atoms with Crippen molar-refractivity contribution in [2.24, 2.45) is 22.2 Å². The number of hydrogen-bond donors (Lipinski definition) is 10. The molecular formula is C16H29N7O9. The van der Waals surface area contributed by atoms with Gasteiger partial charge in [0.15, 0.2) is 5.96 Å². The van der Waals surface area contributed by atoms with Gasteiger partial charge in [0.25, 0.3) is 0 Å². The number of aliphatic imine (C=N–C) groups is 1. The van der Waals surface area contributed by atoms with E-state index in [-0.39, 0.29) is 25.3 Å². The summed E-state index contributed by atoms with van der Waals surface area (Å²) in [5.41, 5.74) is 15.7. The second-order valence-electron chi connectivity index (χ2n) is 6.54. The third-order valence-electron chi connectivity index (χ3n) is 3.92. The maximum Gasteiger partial charge on any atom is 0.326 e. The third-order valence-corrected chi connectivity index (χ3v) is 3.92. The number of rotatable bonds is 15. The van der Waals surface area contributed by atoms with Crippen molar-refractivity contribution in [3.05, 3.63) is 0 Å². The number of carboxylic acids is 2. The Kier molecular flexibility index (Phi) is 12.9. The topological polar surface area (TPSA) is 293 Å². The number of nitrogens with two attached hydrogens (primary N) is 3. The van der Waals surface area contributed by atoms with Crippen LogP contribution in [0.25, 0.3) is 0 Å². The zero-order valence-corrected chi connectivity index (χ0v) is 17.1. The minimum Gasteiger partial charge on any atom is -0.481 e. The molecular weight excluding hydrogens is 434 g/mol. The molecule has 182 valence electrons. The summed E-state index contributed by atoms with van der Waals surface area (Å²) in [5, 5.41) is 42.5. The van der Waals surface area contributed by atoms with Crippen LogP contribution < -0.4 is 33.2 Å². The van der Waals surface area contributed by atoms with Gasteiger partial charge in [-0.25, -0.2) is 4.79 Å². The predicted octanol–water partition coefficient (Wildman–Crippen LogP) is -5.63. The molecule has 32 heavy (non-hydrogen) atoms. The average Bonchev–Trinajstić information content (AvgIpc) is 2.71. The summed E-state index contributed by atoms with van der Waals surface area (Å²) in [6.07, 6.45) is -0.863. The first-order chi connectivity index (χ1) is 14.9. The first-order valence-corrected chi connectivity index (χ1v) is 9.31. The van der Waals surface area contributed by atoms with E-state index >= 15 is 0 Å². The summed E-state index contributed by atoms with van der Waals surface area (Å²) in [6, 6.07) is -6.05. The fourth-order valence-corrected chi connectivity index (χ4v) is 2.25. The summed E-state index contributed by atoms with van der Waals surface area (Å²) >= 11 is 0. The van der Waals surface area contributed by atoms with E-state index in [4.69, 9.17) is 32.5 Å². The largest absolute Gasteiger partial charge is 0.481 e. The highest BCUT2D eigenvalue weighted by Crippen LogP contribution is 2.03. The predicted molar refractivity (Wildman–Crippen MR) is 108 cm³/mol. The van der Waals surface area contributed by atoms with Crippen molar-refractivity contribution in [3.8, 4) is 0 Å². The van der Waals surface area contributed by atoms with Crippen LogP contribution in [0, 0.1) is 0 Å². The Morgan fingerprint density at radius 1 is 0.812 bits per heavy atom. The van der Waals surface area contributed by atoms with E-state index in [1.165, 1.54) is 0 Å². The van der Waals surface area contributed by atoms with Crippen LogP contribution in [0.4, 0.5) is 0 Å². The van der Waals surface area contributed by atoms with E-state index in [0.29, 0.717) is 0 Å². The van der Waals surface area contributed by atoms with E-state index < -0.39 is 73.5 Å². The lowest BCUT2D eigenvalue weighted by Crippen LogP contribution is -2.58. The Balaban J connectivity index is 5.39. The SMILES string of the molecule is NC(N)=NCCCC(NC(=O)C(CO)NC(=O)C(N)CO)C(=O)NC(CC(=O)O)C(=O)O. The number of hydrogen-bond acceptors (Lipinski definition) is 9. The Morgan fingerprint density at radius 2 is 1.34 bits per heavy atom. The molecule has 13 N–H and O–H groups in total. The van der Waals surface area contributed by atoms with Gasteiger partial charge in [0.05, 0.1) is 19.6 Å². The van der Waals surface area contributed by atoms with Gasteiger partial charge in [0, 0.05) is 6.54 Å². The number of amides is 3. The molecule has 0 radical (unpaired) electrons. The Hall–Kier alpha value is -3.50. The molecule has 0 bridgehead atoms. The monoisotopic (exact) mass is 463 g/mol. The summed E-state index contributed by atoms with van der Waals surface area (Å²) in [7, 11) is 0. The van der Waals surface area contributed by atoms with E-state index in [1.54, 1.807) is 0 Å². The third kappa shape index (κ3) is 11.0. The van der Waals surface area contributed by atoms with Gasteiger partial charge in [0.2, 0.25) is 17.7 Å². The first kappa shape index (κ1) is 28.5. The molecule has 0 heterocycles. The molecule has 0 aliphatic carbocycles. The van der Waals surface area contributed by atoms with Gasteiger partial charge in [-0.3, -0.25) is 24.2 Å². The summed E-state index contributed by atoms with van der Waals surface area (Å²) in [5.74, 6) is -6.28. The van der Waals surface area contributed by atoms with E-state index in [0.717, 1.165) is 0 Å². The van der Waals surface area contributed by atoms with Crippen molar-refractivity contribution in [3.63, 3.8) is 0 Å². The summed E-state index contributed by atoms with van der Waals surface area (Å²) < 4.78 is 0. The molecule has 16 heteroatoms. The van der Waals surface area contributed by atoms with Gasteiger partial charge in [0.1, 0.15) is 24.2 Å². The van der Waals surface area contributed by atoms with Crippen molar-refractivity contribution in [1.29, 1.82) is 0 Å². The standard InChI is InChI=1S/C16H29N7O9/c17-7(5-24)12(28)23-10(6-25)14(30)21-8(2-1-3-20-16(18)19)13(29)22-9(15(31)32)4-11(26)27/h7-10,24-25H,1-6,17H2,(H,21,30)(H,22,29)(H,23,28)(H,26,27)(H,31,32)(H4,18,19,20). The maximum absolute atomic E-state index is 12.5. The lowest BCUT2D eigenvalue weighted by molar-refractivity contribution is -0.147. The van der Waals surface area contributed by atoms with Crippen molar-refractivity contribution in [2.45, 2.75) is 43.4 Å². The number of aliphatic carboxylic acids is 2. The van der Waals surface area contributed by atoms with Crippen LogP contribution in [0.1, 0.15) is 19.3 Å². The maximum atomic E-state index is 12.5. The molecule has 0 spiro atoms. The first-order valence-electron chi connectivity index (χ1n) is 9.31. The molecule has 16 nitrogen and oxygen atoms in total. The highest BCUT2D eigenvalue weighted by Gasteiger charge is 2.30. The molecule has 0 fully saturated rings. The van der Waals surface area contributed by atoms with Gasteiger partial charge in [-0.1, -0.05) is 0 Å². The lowest BCUT2D eigenvalue weighted by atomic mass is 10.1. The minimum atomic E-state index is -1.77. The van der Waals surface area contributed by atoms with Crippen LogP contribution in [0.3, 0.4) is 0 Å². The molecule has 3 amide bonds. The van der Waals surface area contributed by atoms with Crippen LogP contribution in [0.5, 0.6) is 0 Å². The molecule has 0 rings (SSSR count). The number of carbonyl (C=O) groups excluding carboxylic acids is 3. The fourth-order valence-electron chi connectivity index (χ4n) is 2.25. The number of nitrogens with one attached hydrogen (secondary N) is 3. The van der Waals surface area contributed by atoms with E-state index in [2.05, 4.69) is 15.6 Å². The molecule has 0 aliphatic rings. The molecule has 0 aliphatic heterocycles. The second-order valence-corrected chi connectivity index (χ2v) is 6.54. The number of aliphatic hydroxyl groups is 2. The number of nitrogens with zero attached hydrogens (tertiary/aromatic N) is 1. The smallest absolute Gasteiger partial charge is 0.326 e. The van der Waals surface area contributed by atoms with Gasteiger partial charge in [-0.15, -0.1) is 0 Å². The molecule has 0 aromatic carbocycles. The van der Waals surface area contributed by atoms with Crippen LogP contribution >= 0.6 is 0 Å². The lowest BCUT2D eigenvalue weighted by Gasteiger charge is -2.24. The van der Waals surface area contributed by atoms with Crippen LogP contribution in [0.2, 0.25) is 0 Å². The Labute approximate surface area is 182 Å². The number of aliphatic hydroxyl groups excluding tert-OH is 2. The van der Waals surface area contributed by atoms with Gasteiger partial charge in [-0.05, 0) is 12.8 Å². The highest BCUT2D eigenvalue weighted by atomic mass is 16.4. The van der Waals surface area contributed by atoms with Crippen LogP contribution in [0.15, 0.2) is 4.99 Å². The molecule has 0 saturated carbocycles. The zero-order chi connectivity index (χ0) is 24.8. The van der Waals surface area contributed by atoms with Crippen molar-refractivity contribution in [1.82, 2.24) is 16.0 Å². The number of guanidine groups is 1. The minimum absolute atomic E-state index is 0.0605. The quantitative estimate of drug-likeness (QED) is 0.0617. The summed E-state index contributed by atoms with van der Waals surface area (Å²) in [6.45, 7) is -1.54. The molecule has 4 atom stereocenters. The van der Waals surface area contributed by atoms with Gasteiger partial charge >= 0.3 is 11.9 Å². The average molecular weight is 463 g/mol. The normalized spacial score (nSPS) is 14.2. The van der Waals surface area contributed by atoms with Crippen molar-refractivity contribution in [2.75, 3.05) is 19.8 Å². The molecule has 4 unspecified atom stereocenters. The fraction of sp³-hybridized carbons (Fsp3) is 0.625. The number of carboxylic acid groups (broad SMARTS) is 2. The highest BCUT2D eigenvalue weighted by molar-refractivity contribution is 5.94. The van der Waals surface area contributed by atoms with Crippen molar-refractivity contribution >= 4 is 35.6 Å².